The molecule has 0 spiro atoms. The van der Waals surface area contributed by atoms with Crippen molar-refractivity contribution in [1.82, 2.24) is 0 Å². The quantitative estimate of drug-likeness (QED) is 0.586. The van der Waals surface area contributed by atoms with Crippen molar-refractivity contribution < 1.29 is 4.79 Å². The summed E-state index contributed by atoms with van der Waals surface area (Å²) >= 11 is 7.68. The molecule has 0 unspecified atom stereocenters. The predicted octanol–water partition coefficient (Wildman–Crippen LogP) is 5.81. The van der Waals surface area contributed by atoms with Crippen LogP contribution in [0.15, 0.2) is 89.8 Å². The van der Waals surface area contributed by atoms with Crippen LogP contribution in [-0.4, -0.2) is 5.91 Å². The van der Waals surface area contributed by atoms with E-state index in [1.165, 1.54) is 11.8 Å². The van der Waals surface area contributed by atoms with Crippen molar-refractivity contribution in [2.24, 2.45) is 0 Å². The van der Waals surface area contributed by atoms with Gasteiger partial charge < -0.3 is 5.32 Å². The Morgan fingerprint density at radius 3 is 2.08 bits per heavy atom. The molecule has 3 aromatic carbocycles. The molecule has 0 fully saturated rings. The predicted molar refractivity (Wildman–Crippen MR) is 102 cm³/mol. The second-order valence-electron chi connectivity index (χ2n) is 5.19. The van der Waals surface area contributed by atoms with Crippen LogP contribution in [0.5, 0.6) is 0 Å². The average Bonchev–Trinajstić information content (AvgIpc) is 2.63. The minimum atomic E-state index is -0.357. The van der Waals surface area contributed by atoms with Gasteiger partial charge in [-0.05, 0) is 29.8 Å². The first kappa shape index (κ1) is 16.6. The lowest BCUT2D eigenvalue weighted by Gasteiger charge is -2.17. The molecule has 0 bridgehead atoms. The minimum Gasteiger partial charge on any atom is -0.323 e. The van der Waals surface area contributed by atoms with Crippen LogP contribution < -0.4 is 5.32 Å². The van der Waals surface area contributed by atoms with E-state index in [0.717, 1.165) is 10.5 Å². The second kappa shape index (κ2) is 8.04. The van der Waals surface area contributed by atoms with Crippen molar-refractivity contribution in [2.45, 2.75) is 10.1 Å². The van der Waals surface area contributed by atoms with E-state index in [1.807, 2.05) is 72.8 Å². The maximum atomic E-state index is 12.9. The zero-order valence-corrected chi connectivity index (χ0v) is 14.4. The molecule has 0 saturated heterocycles. The third-order valence-electron chi connectivity index (χ3n) is 3.47. The molecule has 0 aliphatic heterocycles. The van der Waals surface area contributed by atoms with E-state index in [2.05, 4.69) is 5.32 Å². The summed E-state index contributed by atoms with van der Waals surface area (Å²) in [6.07, 6.45) is 0. The number of hydrogen-bond acceptors (Lipinski definition) is 2. The fraction of sp³-hybridized carbons (Fsp3) is 0.0500. The molecule has 0 aliphatic carbocycles. The summed E-state index contributed by atoms with van der Waals surface area (Å²) in [6.45, 7) is 0. The summed E-state index contributed by atoms with van der Waals surface area (Å²) in [5, 5.41) is 3.11. The first-order valence-electron chi connectivity index (χ1n) is 7.56. The van der Waals surface area contributed by atoms with E-state index >= 15 is 0 Å². The van der Waals surface area contributed by atoms with Crippen LogP contribution in [0.3, 0.4) is 0 Å². The van der Waals surface area contributed by atoms with Crippen LogP contribution >= 0.6 is 23.4 Å². The fourth-order valence-corrected chi connectivity index (χ4v) is 3.53. The maximum Gasteiger partial charge on any atom is 0.242 e. The normalized spacial score (nSPS) is 11.7. The van der Waals surface area contributed by atoms with Gasteiger partial charge in [-0.1, -0.05) is 72.3 Å². The molecule has 0 heterocycles. The van der Waals surface area contributed by atoms with Crippen LogP contribution in [0, 0.1) is 0 Å². The highest BCUT2D eigenvalue weighted by Crippen LogP contribution is 2.36. The zero-order chi connectivity index (χ0) is 16.8. The monoisotopic (exact) mass is 353 g/mol. The summed E-state index contributed by atoms with van der Waals surface area (Å²) in [4.78, 5) is 13.9. The number of halogens is 1. The van der Waals surface area contributed by atoms with Crippen molar-refractivity contribution in [1.29, 1.82) is 0 Å². The summed E-state index contributed by atoms with van der Waals surface area (Å²) in [5.41, 5.74) is 1.58. The van der Waals surface area contributed by atoms with E-state index in [4.69, 9.17) is 11.6 Å². The molecule has 3 aromatic rings. The van der Waals surface area contributed by atoms with Crippen LogP contribution in [0.4, 0.5) is 5.69 Å². The summed E-state index contributed by atoms with van der Waals surface area (Å²) in [6, 6.07) is 26.9. The smallest absolute Gasteiger partial charge is 0.242 e. The number of rotatable bonds is 5. The highest BCUT2D eigenvalue weighted by molar-refractivity contribution is 8.00. The van der Waals surface area contributed by atoms with Crippen LogP contribution in [0.25, 0.3) is 0 Å². The largest absolute Gasteiger partial charge is 0.323 e. The molecule has 4 heteroatoms. The highest BCUT2D eigenvalue weighted by Gasteiger charge is 2.22. The lowest BCUT2D eigenvalue weighted by Crippen LogP contribution is -2.19. The molecular weight excluding hydrogens is 338 g/mol. The molecule has 1 N–H and O–H groups in total. The number of carbonyl (C=O) groups is 1. The van der Waals surface area contributed by atoms with E-state index in [-0.39, 0.29) is 11.2 Å². The van der Waals surface area contributed by atoms with Gasteiger partial charge in [-0.15, -0.1) is 11.8 Å². The Morgan fingerprint density at radius 1 is 0.833 bits per heavy atom. The topological polar surface area (TPSA) is 29.1 Å². The van der Waals surface area contributed by atoms with Gasteiger partial charge in [0, 0.05) is 4.90 Å². The number of benzene rings is 3. The van der Waals surface area contributed by atoms with Crippen LogP contribution in [-0.2, 0) is 4.79 Å². The van der Waals surface area contributed by atoms with E-state index in [0.29, 0.717) is 10.7 Å². The van der Waals surface area contributed by atoms with Crippen molar-refractivity contribution >= 4 is 35.0 Å². The summed E-state index contributed by atoms with van der Waals surface area (Å²) < 4.78 is 0. The minimum absolute atomic E-state index is 0.0943. The first-order chi connectivity index (χ1) is 11.7. The lowest BCUT2D eigenvalue weighted by molar-refractivity contribution is -0.115. The molecule has 120 valence electrons. The van der Waals surface area contributed by atoms with Crippen LogP contribution in [0.2, 0.25) is 5.02 Å². The van der Waals surface area contributed by atoms with E-state index in [9.17, 15) is 4.79 Å². The van der Waals surface area contributed by atoms with Gasteiger partial charge in [0.15, 0.2) is 0 Å². The number of para-hydroxylation sites is 1. The van der Waals surface area contributed by atoms with Crippen molar-refractivity contribution in [3.05, 3.63) is 95.5 Å². The van der Waals surface area contributed by atoms with Gasteiger partial charge >= 0.3 is 0 Å². The Morgan fingerprint density at radius 2 is 1.42 bits per heavy atom. The number of hydrogen-bond donors (Lipinski definition) is 1. The molecule has 0 radical (unpaired) electrons. The lowest BCUT2D eigenvalue weighted by atomic mass is 10.1. The van der Waals surface area contributed by atoms with Gasteiger partial charge in [-0.3, -0.25) is 4.79 Å². The molecule has 1 atom stereocenters. The average molecular weight is 354 g/mol. The Balaban J connectivity index is 1.87. The number of amides is 1. The molecule has 1 amide bonds. The number of nitrogens with one attached hydrogen (secondary N) is 1. The Bertz CT molecular complexity index is 808. The van der Waals surface area contributed by atoms with Gasteiger partial charge in [0.05, 0.1) is 10.7 Å². The number of thioether (sulfide) groups is 1. The van der Waals surface area contributed by atoms with Gasteiger partial charge in [0.1, 0.15) is 5.25 Å². The van der Waals surface area contributed by atoms with Crippen molar-refractivity contribution in [2.75, 3.05) is 5.32 Å². The number of anilines is 1. The van der Waals surface area contributed by atoms with Gasteiger partial charge in [-0.2, -0.15) is 0 Å². The SMILES string of the molecule is O=C(Nc1ccccc1Cl)[C@H](Sc1ccccc1)c1ccccc1. The molecule has 0 aliphatic rings. The maximum absolute atomic E-state index is 12.9. The molecule has 0 aromatic heterocycles. The van der Waals surface area contributed by atoms with Gasteiger partial charge in [-0.25, -0.2) is 0 Å². The molecule has 3 rings (SSSR count). The van der Waals surface area contributed by atoms with Crippen molar-refractivity contribution in [3.8, 4) is 0 Å². The zero-order valence-electron chi connectivity index (χ0n) is 12.9. The summed E-state index contributed by atoms with van der Waals surface area (Å²) in [7, 11) is 0. The fourth-order valence-electron chi connectivity index (χ4n) is 2.30. The second-order valence-corrected chi connectivity index (χ2v) is 6.78. The van der Waals surface area contributed by atoms with E-state index in [1.54, 1.807) is 12.1 Å². The van der Waals surface area contributed by atoms with Gasteiger partial charge in [0.25, 0.3) is 0 Å². The standard InChI is InChI=1S/C20H16ClNOS/c21-17-13-7-8-14-18(17)22-20(23)19(15-9-3-1-4-10-15)24-16-11-5-2-6-12-16/h1-14,19H,(H,22,23)/t19-/m1/s1. The van der Waals surface area contributed by atoms with Crippen molar-refractivity contribution in [3.63, 3.8) is 0 Å². The molecule has 24 heavy (non-hydrogen) atoms. The Labute approximate surface area is 150 Å². The van der Waals surface area contributed by atoms with Crippen LogP contribution in [0.1, 0.15) is 10.8 Å². The third kappa shape index (κ3) is 4.19. The molecular formula is C20H16ClNOS. The Hall–Kier alpha value is -2.23. The highest BCUT2D eigenvalue weighted by atomic mass is 35.5. The van der Waals surface area contributed by atoms with Gasteiger partial charge in [0.2, 0.25) is 5.91 Å². The number of carbonyl (C=O) groups excluding carboxylic acids is 1. The molecule has 2 nitrogen and oxygen atoms in total. The third-order valence-corrected chi connectivity index (χ3v) is 5.07. The summed E-state index contributed by atoms with van der Waals surface area (Å²) in [5.74, 6) is -0.0943. The molecule has 0 saturated carbocycles. The Kier molecular flexibility index (Phi) is 5.57. The first-order valence-corrected chi connectivity index (χ1v) is 8.82. The van der Waals surface area contributed by atoms with E-state index < -0.39 is 0 Å².